The Morgan fingerprint density at radius 2 is 1.79 bits per heavy atom. The zero-order valence-electron chi connectivity index (χ0n) is 12.5. The van der Waals surface area contributed by atoms with Crippen molar-refractivity contribution in [2.45, 2.75) is 11.9 Å². The number of benzene rings is 2. The number of halogens is 4. The third-order valence-corrected chi connectivity index (χ3v) is 5.16. The molecule has 2 aromatic carbocycles. The van der Waals surface area contributed by atoms with Crippen molar-refractivity contribution in [3.05, 3.63) is 63.1 Å². The lowest BCUT2D eigenvalue weighted by Gasteiger charge is -2.27. The van der Waals surface area contributed by atoms with Crippen LogP contribution in [0.5, 0.6) is 5.75 Å². The van der Waals surface area contributed by atoms with Crippen LogP contribution in [0.1, 0.15) is 5.56 Å². The van der Waals surface area contributed by atoms with Crippen molar-refractivity contribution in [3.8, 4) is 5.75 Å². The first-order valence-corrected chi connectivity index (χ1v) is 9.49. The second-order valence-corrected chi connectivity index (χ2v) is 7.17. The van der Waals surface area contributed by atoms with Crippen LogP contribution < -0.4 is 4.74 Å². The fourth-order valence-electron chi connectivity index (χ4n) is 2.45. The van der Waals surface area contributed by atoms with Crippen LogP contribution in [0.4, 0.5) is 0 Å². The molecule has 0 saturated carbocycles. The van der Waals surface area contributed by atoms with Gasteiger partial charge in [0.2, 0.25) is 5.79 Å². The maximum absolute atomic E-state index is 6.30. The molecule has 2 unspecified atom stereocenters. The fraction of sp³-hybridized carbons (Fsp3) is 0.294. The molecular formula is C17H14BrCl3O3. The van der Waals surface area contributed by atoms with Gasteiger partial charge in [-0.3, -0.25) is 0 Å². The Bertz CT molecular complexity index is 711. The molecule has 0 aliphatic carbocycles. The lowest BCUT2D eigenvalue weighted by atomic mass is 10.1. The standard InChI is InChI=1S/C17H14BrCl3O3/c18-10-17(15-6-3-12(20)7-16(15)21)23-9-14(24-17)8-22-13-4-1-11(19)2-5-13/h1-7,14H,8-10H2. The second kappa shape index (κ2) is 7.81. The summed E-state index contributed by atoms with van der Waals surface area (Å²) in [6, 6.07) is 12.4. The Morgan fingerprint density at radius 1 is 1.08 bits per heavy atom. The Kier molecular flexibility index (Phi) is 5.96. The van der Waals surface area contributed by atoms with Gasteiger partial charge in [0.1, 0.15) is 18.5 Å². The number of rotatable bonds is 5. The quantitative estimate of drug-likeness (QED) is 0.546. The first-order valence-electron chi connectivity index (χ1n) is 7.24. The highest BCUT2D eigenvalue weighted by Gasteiger charge is 2.44. The van der Waals surface area contributed by atoms with Crippen LogP contribution in [0.3, 0.4) is 0 Å². The zero-order valence-corrected chi connectivity index (χ0v) is 16.3. The van der Waals surface area contributed by atoms with Crippen LogP contribution in [0.2, 0.25) is 15.1 Å². The summed E-state index contributed by atoms with van der Waals surface area (Å²) in [6.07, 6.45) is -0.218. The topological polar surface area (TPSA) is 27.7 Å². The largest absolute Gasteiger partial charge is 0.491 e. The molecule has 2 aromatic rings. The highest BCUT2D eigenvalue weighted by atomic mass is 79.9. The molecule has 0 spiro atoms. The molecule has 3 nitrogen and oxygen atoms in total. The first-order chi connectivity index (χ1) is 11.5. The monoisotopic (exact) mass is 450 g/mol. The maximum atomic E-state index is 6.30. The molecule has 0 aromatic heterocycles. The molecule has 1 aliphatic heterocycles. The summed E-state index contributed by atoms with van der Waals surface area (Å²) in [5.74, 6) is -0.223. The predicted molar refractivity (Wildman–Crippen MR) is 99.7 cm³/mol. The van der Waals surface area contributed by atoms with Gasteiger partial charge in [-0.1, -0.05) is 56.8 Å². The minimum absolute atomic E-state index is 0.218. The van der Waals surface area contributed by atoms with E-state index in [9.17, 15) is 0 Å². The van der Waals surface area contributed by atoms with E-state index in [1.807, 2.05) is 18.2 Å². The molecule has 3 rings (SSSR count). The molecule has 0 radical (unpaired) electrons. The summed E-state index contributed by atoms with van der Waals surface area (Å²) >= 11 is 21.6. The Morgan fingerprint density at radius 3 is 2.46 bits per heavy atom. The van der Waals surface area contributed by atoms with Crippen molar-refractivity contribution >= 4 is 50.7 Å². The van der Waals surface area contributed by atoms with Gasteiger partial charge in [-0.25, -0.2) is 0 Å². The summed E-state index contributed by atoms with van der Waals surface area (Å²) in [7, 11) is 0. The lowest BCUT2D eigenvalue weighted by molar-refractivity contribution is -0.159. The van der Waals surface area contributed by atoms with E-state index in [0.29, 0.717) is 33.6 Å². The first kappa shape index (κ1) is 18.3. The van der Waals surface area contributed by atoms with Crippen LogP contribution in [0.25, 0.3) is 0 Å². The summed E-state index contributed by atoms with van der Waals surface area (Å²) < 4.78 is 17.8. The molecule has 1 fully saturated rings. The van der Waals surface area contributed by atoms with Crippen molar-refractivity contribution in [3.63, 3.8) is 0 Å². The van der Waals surface area contributed by atoms with Gasteiger partial charge < -0.3 is 14.2 Å². The normalized spacial score (nSPS) is 23.4. The maximum Gasteiger partial charge on any atom is 0.206 e. The Labute approximate surface area is 163 Å². The minimum Gasteiger partial charge on any atom is -0.491 e. The average Bonchev–Trinajstić information content (AvgIpc) is 2.99. The molecule has 7 heteroatoms. The summed E-state index contributed by atoms with van der Waals surface area (Å²) in [5, 5.41) is 2.17. The van der Waals surface area contributed by atoms with E-state index in [4.69, 9.17) is 49.0 Å². The van der Waals surface area contributed by atoms with E-state index in [1.165, 1.54) is 0 Å². The van der Waals surface area contributed by atoms with Gasteiger partial charge in [0.25, 0.3) is 0 Å². The smallest absolute Gasteiger partial charge is 0.206 e. The molecule has 24 heavy (non-hydrogen) atoms. The molecule has 0 amide bonds. The summed E-state index contributed by atoms with van der Waals surface area (Å²) in [5.41, 5.74) is 0.736. The van der Waals surface area contributed by atoms with Crippen LogP contribution in [-0.4, -0.2) is 24.6 Å². The second-order valence-electron chi connectivity index (χ2n) is 5.33. The zero-order chi connectivity index (χ0) is 17.2. The van der Waals surface area contributed by atoms with Crippen molar-refractivity contribution in [1.82, 2.24) is 0 Å². The van der Waals surface area contributed by atoms with Gasteiger partial charge in [0.05, 0.1) is 17.0 Å². The SMILES string of the molecule is Clc1ccc(OCC2COC(CBr)(c3ccc(Cl)cc3Cl)O2)cc1. The van der Waals surface area contributed by atoms with Crippen molar-refractivity contribution in [2.75, 3.05) is 18.5 Å². The molecule has 2 atom stereocenters. The highest BCUT2D eigenvalue weighted by Crippen LogP contribution is 2.40. The van der Waals surface area contributed by atoms with E-state index in [-0.39, 0.29) is 6.10 Å². The predicted octanol–water partition coefficient (Wildman–Crippen LogP) is 5.69. The molecule has 128 valence electrons. The summed E-state index contributed by atoms with van der Waals surface area (Å²) in [6.45, 7) is 0.764. The van der Waals surface area contributed by atoms with Gasteiger partial charge in [-0.2, -0.15) is 0 Å². The molecule has 1 heterocycles. The fourth-order valence-corrected chi connectivity index (χ4v) is 3.72. The van der Waals surface area contributed by atoms with E-state index in [1.54, 1.807) is 24.3 Å². The van der Waals surface area contributed by atoms with Gasteiger partial charge in [0.15, 0.2) is 0 Å². The van der Waals surface area contributed by atoms with E-state index in [2.05, 4.69) is 15.9 Å². The van der Waals surface area contributed by atoms with Crippen molar-refractivity contribution in [1.29, 1.82) is 0 Å². The van der Waals surface area contributed by atoms with Crippen LogP contribution in [-0.2, 0) is 15.3 Å². The molecule has 1 saturated heterocycles. The van der Waals surface area contributed by atoms with E-state index < -0.39 is 5.79 Å². The number of hydrogen-bond acceptors (Lipinski definition) is 3. The van der Waals surface area contributed by atoms with Gasteiger partial charge >= 0.3 is 0 Å². The third kappa shape index (κ3) is 4.01. The minimum atomic E-state index is -0.949. The number of alkyl halides is 1. The number of ether oxygens (including phenoxy) is 3. The van der Waals surface area contributed by atoms with Crippen molar-refractivity contribution < 1.29 is 14.2 Å². The van der Waals surface area contributed by atoms with E-state index in [0.717, 1.165) is 11.3 Å². The molecule has 0 bridgehead atoms. The van der Waals surface area contributed by atoms with Gasteiger partial charge in [-0.05, 0) is 36.4 Å². The van der Waals surface area contributed by atoms with E-state index >= 15 is 0 Å². The average molecular weight is 453 g/mol. The molecular weight excluding hydrogens is 438 g/mol. The van der Waals surface area contributed by atoms with Crippen LogP contribution >= 0.6 is 50.7 Å². The Hall–Kier alpha value is -0.490. The number of hydrogen-bond donors (Lipinski definition) is 0. The van der Waals surface area contributed by atoms with Crippen LogP contribution in [0, 0.1) is 0 Å². The lowest BCUT2D eigenvalue weighted by Crippen LogP contribution is -2.31. The van der Waals surface area contributed by atoms with Crippen molar-refractivity contribution in [2.24, 2.45) is 0 Å². The van der Waals surface area contributed by atoms with Gasteiger partial charge in [-0.15, -0.1) is 0 Å². The Balaban J connectivity index is 1.68. The highest BCUT2D eigenvalue weighted by molar-refractivity contribution is 9.09. The molecule has 0 N–H and O–H groups in total. The molecule has 1 aliphatic rings. The third-order valence-electron chi connectivity index (χ3n) is 3.63. The van der Waals surface area contributed by atoms with Crippen LogP contribution in [0.15, 0.2) is 42.5 Å². The summed E-state index contributed by atoms with van der Waals surface area (Å²) in [4.78, 5) is 0. The van der Waals surface area contributed by atoms with Gasteiger partial charge in [0, 0.05) is 15.6 Å².